The molecule has 3 unspecified atom stereocenters. The van der Waals surface area contributed by atoms with Gasteiger partial charge in [0.1, 0.15) is 73.8 Å². The molecule has 8 heteroatoms. The van der Waals surface area contributed by atoms with E-state index in [0.717, 1.165) is 82.1 Å². The van der Waals surface area contributed by atoms with Gasteiger partial charge in [-0.3, -0.25) is 0 Å². The predicted molar refractivity (Wildman–Crippen MR) is 152 cm³/mol. The largest absolute Gasteiger partial charge is 0.491 e. The molecule has 0 aromatic heterocycles. The second-order valence-electron chi connectivity index (χ2n) is 11.1. The molecule has 4 fully saturated rings. The topological polar surface area (TPSA) is 87.0 Å². The highest BCUT2D eigenvalue weighted by molar-refractivity contribution is 5.93. The summed E-state index contributed by atoms with van der Waals surface area (Å²) in [5.41, 5.74) is 2.16. The second-order valence-corrected chi connectivity index (χ2v) is 11.1. The van der Waals surface area contributed by atoms with E-state index in [0.29, 0.717) is 32.8 Å². The highest BCUT2D eigenvalue weighted by atomic mass is 16.6. The van der Waals surface area contributed by atoms with Gasteiger partial charge in [0.25, 0.3) is 0 Å². The van der Waals surface area contributed by atoms with Crippen LogP contribution in [0.4, 0.5) is 0 Å². The monoisotopic (exact) mass is 556 g/mol. The summed E-state index contributed by atoms with van der Waals surface area (Å²) in [7, 11) is 0. The van der Waals surface area contributed by atoms with Crippen molar-refractivity contribution in [3.05, 3.63) is 71.8 Å². The van der Waals surface area contributed by atoms with Gasteiger partial charge in [-0.05, 0) is 57.9 Å². The molecule has 4 aliphatic rings. The van der Waals surface area contributed by atoms with Crippen LogP contribution in [0.3, 0.4) is 0 Å². The first-order valence-electron chi connectivity index (χ1n) is 14.3. The van der Waals surface area contributed by atoms with E-state index in [4.69, 9.17) is 37.9 Å². The van der Waals surface area contributed by atoms with Crippen molar-refractivity contribution < 1.29 is 37.9 Å². The zero-order valence-corrected chi connectivity index (χ0v) is 22.7. The van der Waals surface area contributed by atoms with Crippen LogP contribution in [-0.2, 0) is 25.4 Å². The Morgan fingerprint density at radius 2 is 0.854 bits per heavy atom. The fourth-order valence-electron chi connectivity index (χ4n) is 5.07. The Hall–Kier alpha value is -3.56. The summed E-state index contributed by atoms with van der Waals surface area (Å²) >= 11 is 0. The van der Waals surface area contributed by atoms with Crippen LogP contribution in [0.2, 0.25) is 0 Å². The maximum atomic E-state index is 6.36. The Balaban J connectivity index is 1.21. The average Bonchev–Trinajstić information content (AvgIpc) is 3.83. The van der Waals surface area contributed by atoms with Crippen molar-refractivity contribution in [1.82, 2.24) is 0 Å². The average molecular weight is 557 g/mol. The van der Waals surface area contributed by atoms with Crippen molar-refractivity contribution in [2.24, 2.45) is 0 Å². The molecule has 0 bridgehead atoms. The third kappa shape index (κ3) is 6.06. The van der Waals surface area contributed by atoms with E-state index >= 15 is 0 Å². The molecule has 0 saturated carbocycles. The lowest BCUT2D eigenvalue weighted by Gasteiger charge is -2.19. The highest BCUT2D eigenvalue weighted by Gasteiger charge is 2.27. The number of fused-ring (bicyclic) bond motifs is 2. The van der Waals surface area contributed by atoms with Crippen LogP contribution in [0.5, 0.6) is 23.0 Å². The lowest BCUT2D eigenvalue weighted by molar-refractivity contribution is 0.259. The van der Waals surface area contributed by atoms with Crippen LogP contribution in [0.15, 0.2) is 60.7 Å². The van der Waals surface area contributed by atoms with Crippen molar-refractivity contribution >= 4 is 21.5 Å². The summed E-state index contributed by atoms with van der Waals surface area (Å²) in [5, 5.41) is 4.40. The molecule has 4 heterocycles. The molecule has 4 aliphatic heterocycles. The molecule has 0 radical (unpaired) electrons. The summed E-state index contributed by atoms with van der Waals surface area (Å²) < 4.78 is 46.4. The van der Waals surface area contributed by atoms with Crippen LogP contribution >= 0.6 is 0 Å². The lowest BCUT2D eigenvalue weighted by atomic mass is 9.93. The minimum absolute atomic E-state index is 0.150. The Morgan fingerprint density at radius 3 is 1.24 bits per heavy atom. The standard InChI is InChI=1S/C33H32O8/c1-5-22(34-12-24-14-36-24)9-28-20(1)3-7-32(40-18-26-16-38-26)30(28)11-31-29-10-23(35-13-25-15-37-25)6-2-21(29)4-8-33(31)41-19-27-17-39-27/h1-10,24-27H,11-19H2/t24-,25?,26?,27?/m1/s1. The van der Waals surface area contributed by atoms with Gasteiger partial charge in [-0.2, -0.15) is 0 Å². The van der Waals surface area contributed by atoms with Gasteiger partial charge in [0.05, 0.1) is 26.4 Å². The van der Waals surface area contributed by atoms with Crippen LogP contribution in [-0.4, -0.2) is 77.3 Å². The first kappa shape index (κ1) is 25.2. The van der Waals surface area contributed by atoms with Crippen LogP contribution in [0.25, 0.3) is 21.5 Å². The zero-order chi connectivity index (χ0) is 27.2. The molecular weight excluding hydrogens is 524 g/mol. The highest BCUT2D eigenvalue weighted by Crippen LogP contribution is 2.39. The van der Waals surface area contributed by atoms with Crippen molar-refractivity contribution in [2.75, 3.05) is 52.9 Å². The molecule has 212 valence electrons. The third-order valence-electron chi connectivity index (χ3n) is 7.81. The van der Waals surface area contributed by atoms with Gasteiger partial charge >= 0.3 is 0 Å². The maximum Gasteiger partial charge on any atom is 0.123 e. The predicted octanol–water partition coefficient (Wildman–Crippen LogP) is 4.69. The normalized spacial score (nSPS) is 23.8. The molecule has 4 atom stereocenters. The first-order chi connectivity index (χ1) is 20.2. The number of epoxide rings is 4. The number of rotatable bonds is 14. The minimum atomic E-state index is 0.150. The molecular formula is C33H32O8. The van der Waals surface area contributed by atoms with Crippen molar-refractivity contribution in [2.45, 2.75) is 30.8 Å². The number of hydrogen-bond acceptors (Lipinski definition) is 8. The molecule has 8 nitrogen and oxygen atoms in total. The Bertz CT molecular complexity index is 1440. The third-order valence-corrected chi connectivity index (χ3v) is 7.81. The summed E-state index contributed by atoms with van der Waals surface area (Å²) in [6, 6.07) is 20.8. The van der Waals surface area contributed by atoms with E-state index in [9.17, 15) is 0 Å². The number of hydrogen-bond donors (Lipinski definition) is 0. The molecule has 4 aromatic rings. The maximum absolute atomic E-state index is 6.36. The molecule has 8 rings (SSSR count). The summed E-state index contributed by atoms with van der Waals surface area (Å²) in [6.45, 7) is 5.14. The van der Waals surface area contributed by atoms with E-state index in [1.807, 2.05) is 12.1 Å². The van der Waals surface area contributed by atoms with Crippen LogP contribution < -0.4 is 18.9 Å². The fourth-order valence-corrected chi connectivity index (χ4v) is 5.07. The molecule has 41 heavy (non-hydrogen) atoms. The van der Waals surface area contributed by atoms with E-state index < -0.39 is 0 Å². The first-order valence-corrected chi connectivity index (χ1v) is 14.3. The second kappa shape index (κ2) is 10.7. The van der Waals surface area contributed by atoms with E-state index in [2.05, 4.69) is 48.5 Å². The van der Waals surface area contributed by atoms with Gasteiger partial charge < -0.3 is 37.9 Å². The molecule has 4 saturated heterocycles. The summed E-state index contributed by atoms with van der Waals surface area (Å²) in [4.78, 5) is 0. The van der Waals surface area contributed by atoms with Crippen molar-refractivity contribution in [1.29, 1.82) is 0 Å². The SMILES string of the molecule is c1cc2ccc(OCC3CO3)c(Cc3c(OCC4CO4)ccc4ccc(OC[C@@H]5CO5)cc34)c2cc1OCC1CO1. The summed E-state index contributed by atoms with van der Waals surface area (Å²) in [6.07, 6.45) is 1.27. The minimum Gasteiger partial charge on any atom is -0.491 e. The molecule has 4 aromatic carbocycles. The Kier molecular flexibility index (Phi) is 6.56. The van der Waals surface area contributed by atoms with Gasteiger partial charge in [-0.1, -0.05) is 24.3 Å². The molecule has 0 amide bonds. The molecule has 0 spiro atoms. The Labute approximate surface area is 237 Å². The van der Waals surface area contributed by atoms with Crippen LogP contribution in [0, 0.1) is 0 Å². The van der Waals surface area contributed by atoms with E-state index in [-0.39, 0.29) is 24.4 Å². The van der Waals surface area contributed by atoms with Gasteiger partial charge in [0.2, 0.25) is 0 Å². The van der Waals surface area contributed by atoms with E-state index in [1.165, 1.54) is 0 Å². The van der Waals surface area contributed by atoms with Gasteiger partial charge in [0, 0.05) is 17.5 Å². The Morgan fingerprint density at radius 1 is 0.488 bits per heavy atom. The summed E-state index contributed by atoms with van der Waals surface area (Å²) in [5.74, 6) is 3.30. The quantitative estimate of drug-likeness (QED) is 0.207. The fraction of sp³-hybridized carbons (Fsp3) is 0.394. The molecule has 0 N–H and O–H groups in total. The van der Waals surface area contributed by atoms with E-state index in [1.54, 1.807) is 0 Å². The smallest absolute Gasteiger partial charge is 0.123 e. The zero-order valence-electron chi connectivity index (χ0n) is 22.7. The van der Waals surface area contributed by atoms with Crippen molar-refractivity contribution in [3.63, 3.8) is 0 Å². The van der Waals surface area contributed by atoms with Crippen molar-refractivity contribution in [3.8, 4) is 23.0 Å². The molecule has 0 aliphatic carbocycles. The van der Waals surface area contributed by atoms with Crippen LogP contribution in [0.1, 0.15) is 11.1 Å². The number of benzene rings is 4. The lowest BCUT2D eigenvalue weighted by Crippen LogP contribution is -2.09. The van der Waals surface area contributed by atoms with Gasteiger partial charge in [-0.25, -0.2) is 0 Å². The van der Waals surface area contributed by atoms with Gasteiger partial charge in [0.15, 0.2) is 0 Å². The number of ether oxygens (including phenoxy) is 8. The van der Waals surface area contributed by atoms with Gasteiger partial charge in [-0.15, -0.1) is 0 Å².